The first-order valence-corrected chi connectivity index (χ1v) is 7.23. The lowest BCUT2D eigenvalue weighted by Crippen LogP contribution is -2.43. The van der Waals surface area contributed by atoms with Crippen LogP contribution in [0.5, 0.6) is 0 Å². The maximum atomic E-state index is 13.0. The number of amides is 1. The zero-order valence-electron chi connectivity index (χ0n) is 12.6. The molecule has 0 saturated carbocycles. The van der Waals surface area contributed by atoms with E-state index >= 15 is 0 Å². The molecule has 1 unspecified atom stereocenters. The molecule has 5 nitrogen and oxygen atoms in total. The smallest absolute Gasteiger partial charge is 0.254 e. The summed E-state index contributed by atoms with van der Waals surface area (Å²) in [6, 6.07) is 5.46. The Hall–Kier alpha value is -2.21. The van der Waals surface area contributed by atoms with Crippen LogP contribution in [0.4, 0.5) is 4.39 Å². The zero-order chi connectivity index (χ0) is 15.7. The maximum Gasteiger partial charge on any atom is 0.254 e. The summed E-state index contributed by atoms with van der Waals surface area (Å²) in [5, 5.41) is 7.15. The van der Waals surface area contributed by atoms with Crippen molar-refractivity contribution < 1.29 is 13.9 Å². The van der Waals surface area contributed by atoms with E-state index in [1.165, 1.54) is 24.3 Å². The minimum atomic E-state index is -0.350. The van der Waals surface area contributed by atoms with Gasteiger partial charge in [-0.25, -0.2) is 4.39 Å². The highest BCUT2D eigenvalue weighted by atomic mass is 19.1. The number of hydrogen-bond donors (Lipinski definition) is 1. The molecule has 1 amide bonds. The molecule has 1 aromatic carbocycles. The number of hydrogen-bond acceptors (Lipinski definition) is 3. The summed E-state index contributed by atoms with van der Waals surface area (Å²) in [6.45, 7) is 5.29. The van der Waals surface area contributed by atoms with Crippen LogP contribution >= 0.6 is 0 Å². The predicted molar refractivity (Wildman–Crippen MR) is 79.1 cm³/mol. The van der Waals surface area contributed by atoms with Crippen LogP contribution in [0.15, 0.2) is 24.3 Å². The minimum Gasteiger partial charge on any atom is -0.377 e. The van der Waals surface area contributed by atoms with E-state index in [1.54, 1.807) is 4.90 Å². The van der Waals surface area contributed by atoms with Crippen LogP contribution in [-0.2, 0) is 4.74 Å². The number of aromatic amines is 1. The van der Waals surface area contributed by atoms with Gasteiger partial charge < -0.3 is 9.64 Å². The highest BCUT2D eigenvalue weighted by Gasteiger charge is 2.32. The quantitative estimate of drug-likeness (QED) is 0.926. The first-order valence-electron chi connectivity index (χ1n) is 7.23. The molecule has 1 aliphatic rings. The number of benzene rings is 1. The van der Waals surface area contributed by atoms with E-state index in [2.05, 4.69) is 10.2 Å². The molecule has 2 heterocycles. The molecule has 6 heteroatoms. The number of rotatable bonds is 2. The van der Waals surface area contributed by atoms with Crippen LogP contribution in [0.3, 0.4) is 0 Å². The molecule has 1 saturated heterocycles. The lowest BCUT2D eigenvalue weighted by Gasteiger charge is -2.36. The van der Waals surface area contributed by atoms with Crippen molar-refractivity contribution in [1.29, 1.82) is 0 Å². The van der Waals surface area contributed by atoms with Gasteiger partial charge in [-0.3, -0.25) is 9.89 Å². The molecule has 1 aliphatic heterocycles. The average Bonchev–Trinajstić information content (AvgIpc) is 2.86. The minimum absolute atomic E-state index is 0.117. The molecule has 3 rings (SSSR count). The van der Waals surface area contributed by atoms with Gasteiger partial charge in [0.2, 0.25) is 0 Å². The molecule has 0 bridgehead atoms. The van der Waals surface area contributed by atoms with E-state index in [0.29, 0.717) is 25.3 Å². The van der Waals surface area contributed by atoms with Crippen molar-refractivity contribution in [3.05, 3.63) is 52.6 Å². The summed E-state index contributed by atoms with van der Waals surface area (Å²) >= 11 is 0. The average molecular weight is 303 g/mol. The number of carbonyl (C=O) groups excluding carboxylic acids is 1. The summed E-state index contributed by atoms with van der Waals surface area (Å²) < 4.78 is 18.6. The molecule has 1 fully saturated rings. The van der Waals surface area contributed by atoms with E-state index in [9.17, 15) is 9.18 Å². The summed E-state index contributed by atoms with van der Waals surface area (Å²) in [5.41, 5.74) is 3.28. The van der Waals surface area contributed by atoms with Crippen molar-refractivity contribution >= 4 is 5.91 Å². The Balaban J connectivity index is 1.93. The Morgan fingerprint density at radius 2 is 2.09 bits per heavy atom. The second-order valence-corrected chi connectivity index (χ2v) is 5.44. The molecule has 0 aliphatic carbocycles. The highest BCUT2D eigenvalue weighted by molar-refractivity contribution is 5.94. The van der Waals surface area contributed by atoms with Crippen molar-refractivity contribution in [2.24, 2.45) is 0 Å². The van der Waals surface area contributed by atoms with Gasteiger partial charge in [-0.15, -0.1) is 0 Å². The number of halogens is 1. The molecule has 1 atom stereocenters. The van der Waals surface area contributed by atoms with Gasteiger partial charge in [0.15, 0.2) is 0 Å². The third-order valence-electron chi connectivity index (χ3n) is 4.00. The van der Waals surface area contributed by atoms with Crippen LogP contribution in [-0.4, -0.2) is 40.8 Å². The fourth-order valence-corrected chi connectivity index (χ4v) is 2.89. The first kappa shape index (κ1) is 14.7. The Morgan fingerprint density at radius 3 is 2.73 bits per heavy atom. The second kappa shape index (κ2) is 5.88. The summed E-state index contributed by atoms with van der Waals surface area (Å²) in [7, 11) is 0. The van der Waals surface area contributed by atoms with Crippen LogP contribution < -0.4 is 0 Å². The van der Waals surface area contributed by atoms with Gasteiger partial charge in [0.1, 0.15) is 5.82 Å². The summed E-state index contributed by atoms with van der Waals surface area (Å²) in [6.07, 6.45) is 0. The SMILES string of the molecule is Cc1n[nH]c(C)c1C1COCCN1C(=O)c1ccc(F)cc1. The Bertz CT molecular complexity index is 662. The molecular formula is C16H18FN3O2. The number of aromatic nitrogens is 2. The molecule has 1 aromatic heterocycles. The molecule has 1 N–H and O–H groups in total. The summed E-state index contributed by atoms with van der Waals surface area (Å²) in [4.78, 5) is 14.5. The van der Waals surface area contributed by atoms with E-state index in [4.69, 9.17) is 4.74 Å². The van der Waals surface area contributed by atoms with Crippen molar-refractivity contribution in [3.8, 4) is 0 Å². The van der Waals surface area contributed by atoms with Gasteiger partial charge in [-0.2, -0.15) is 5.10 Å². The third-order valence-corrected chi connectivity index (χ3v) is 4.00. The number of carbonyl (C=O) groups is 1. The Morgan fingerprint density at radius 1 is 1.36 bits per heavy atom. The molecule has 22 heavy (non-hydrogen) atoms. The normalized spacial score (nSPS) is 18.5. The zero-order valence-corrected chi connectivity index (χ0v) is 12.6. The largest absolute Gasteiger partial charge is 0.377 e. The molecule has 2 aromatic rings. The molecule has 0 radical (unpaired) electrons. The van der Waals surface area contributed by atoms with Crippen molar-refractivity contribution in [2.75, 3.05) is 19.8 Å². The molecule has 0 spiro atoms. The highest BCUT2D eigenvalue weighted by Crippen LogP contribution is 2.29. The van der Waals surface area contributed by atoms with Crippen LogP contribution in [0.25, 0.3) is 0 Å². The first-order chi connectivity index (χ1) is 10.6. The van der Waals surface area contributed by atoms with Crippen molar-refractivity contribution in [3.63, 3.8) is 0 Å². The monoisotopic (exact) mass is 303 g/mol. The van der Waals surface area contributed by atoms with Crippen LogP contribution in [0, 0.1) is 19.7 Å². The number of morpholine rings is 1. The third kappa shape index (κ3) is 2.62. The van der Waals surface area contributed by atoms with Gasteiger partial charge in [0, 0.05) is 23.4 Å². The summed E-state index contributed by atoms with van der Waals surface area (Å²) in [5.74, 6) is -0.468. The van der Waals surface area contributed by atoms with Gasteiger partial charge in [-0.05, 0) is 38.1 Å². The van der Waals surface area contributed by atoms with Crippen molar-refractivity contribution in [1.82, 2.24) is 15.1 Å². The maximum absolute atomic E-state index is 13.0. The van der Waals surface area contributed by atoms with E-state index in [0.717, 1.165) is 17.0 Å². The number of H-pyrrole nitrogens is 1. The standard InChI is InChI=1S/C16H18FN3O2/c1-10-15(11(2)19-18-10)14-9-22-8-7-20(14)16(21)12-3-5-13(17)6-4-12/h3-6,14H,7-9H2,1-2H3,(H,18,19). The number of ether oxygens (including phenoxy) is 1. The second-order valence-electron chi connectivity index (χ2n) is 5.44. The van der Waals surface area contributed by atoms with Gasteiger partial charge >= 0.3 is 0 Å². The van der Waals surface area contributed by atoms with E-state index in [-0.39, 0.29) is 17.8 Å². The van der Waals surface area contributed by atoms with Crippen LogP contribution in [0.1, 0.15) is 33.4 Å². The number of aryl methyl sites for hydroxylation is 2. The van der Waals surface area contributed by atoms with E-state index in [1.807, 2.05) is 13.8 Å². The Kier molecular flexibility index (Phi) is 3.94. The number of nitrogens with one attached hydrogen (secondary N) is 1. The predicted octanol–water partition coefficient (Wildman–Crippen LogP) is 2.38. The molecular weight excluding hydrogens is 285 g/mol. The molecule has 116 valence electrons. The van der Waals surface area contributed by atoms with Crippen molar-refractivity contribution in [2.45, 2.75) is 19.9 Å². The topological polar surface area (TPSA) is 58.2 Å². The van der Waals surface area contributed by atoms with Gasteiger partial charge in [0.05, 0.1) is 24.9 Å². The van der Waals surface area contributed by atoms with Gasteiger partial charge in [0.25, 0.3) is 5.91 Å². The van der Waals surface area contributed by atoms with E-state index < -0.39 is 0 Å². The Labute approximate surface area is 128 Å². The number of nitrogens with zero attached hydrogens (tertiary/aromatic N) is 2. The van der Waals surface area contributed by atoms with Crippen LogP contribution in [0.2, 0.25) is 0 Å². The lowest BCUT2D eigenvalue weighted by molar-refractivity contribution is -0.00301. The fourth-order valence-electron chi connectivity index (χ4n) is 2.89. The lowest BCUT2D eigenvalue weighted by atomic mass is 10.0. The van der Waals surface area contributed by atoms with Gasteiger partial charge in [-0.1, -0.05) is 0 Å². The fraction of sp³-hybridized carbons (Fsp3) is 0.375.